The van der Waals surface area contributed by atoms with Gasteiger partial charge in [-0.05, 0) is 24.3 Å². The van der Waals surface area contributed by atoms with E-state index in [1.807, 2.05) is 24.3 Å². The maximum atomic E-state index is 11.7. The molecule has 1 saturated heterocycles. The Morgan fingerprint density at radius 2 is 2.00 bits per heavy atom. The Labute approximate surface area is 112 Å². The molecule has 5 heteroatoms. The van der Waals surface area contributed by atoms with Crippen molar-refractivity contribution in [2.24, 2.45) is 0 Å². The molecule has 0 spiro atoms. The lowest BCUT2D eigenvalue weighted by Gasteiger charge is -2.19. The molecule has 1 atom stereocenters. The highest BCUT2D eigenvalue weighted by Crippen LogP contribution is 2.26. The number of thiol groups is 1. The van der Waals surface area contributed by atoms with Crippen LogP contribution in [0.25, 0.3) is 0 Å². The van der Waals surface area contributed by atoms with Crippen LogP contribution < -0.4 is 9.80 Å². The van der Waals surface area contributed by atoms with Gasteiger partial charge in [0.05, 0.1) is 0 Å². The average Bonchev–Trinajstić information content (AvgIpc) is 2.67. The number of benzene rings is 1. The van der Waals surface area contributed by atoms with Crippen LogP contribution in [0.15, 0.2) is 24.3 Å². The third kappa shape index (κ3) is 2.51. The van der Waals surface area contributed by atoms with E-state index < -0.39 is 0 Å². The number of rotatable bonds is 2. The largest absolute Gasteiger partial charge is 0.316 e. The maximum Gasteiger partial charge on any atom is 0.228 e. The number of hydrogen-bond donors (Lipinski definition) is 1. The van der Waals surface area contributed by atoms with Crippen LogP contribution >= 0.6 is 12.6 Å². The van der Waals surface area contributed by atoms with Crippen LogP contribution in [0.4, 0.5) is 11.4 Å². The van der Waals surface area contributed by atoms with Crippen LogP contribution in [-0.4, -0.2) is 30.7 Å². The van der Waals surface area contributed by atoms with Crippen molar-refractivity contribution in [2.75, 3.05) is 23.4 Å². The lowest BCUT2D eigenvalue weighted by atomic mass is 10.2. The zero-order valence-corrected chi connectivity index (χ0v) is 11.4. The second-order valence-electron chi connectivity index (χ2n) is 4.46. The Morgan fingerprint density at radius 1 is 1.39 bits per heavy atom. The molecule has 96 valence electrons. The molecule has 0 aromatic heterocycles. The minimum absolute atomic E-state index is 0.0181. The molecular weight excluding hydrogens is 248 g/mol. The molecule has 0 N–H and O–H groups in total. The first-order chi connectivity index (χ1) is 8.49. The highest BCUT2D eigenvalue weighted by Gasteiger charge is 2.28. The summed E-state index contributed by atoms with van der Waals surface area (Å²) in [6.07, 6.45) is 0.484. The van der Waals surface area contributed by atoms with Crippen LogP contribution in [-0.2, 0) is 9.59 Å². The third-order valence-corrected chi connectivity index (χ3v) is 3.47. The van der Waals surface area contributed by atoms with E-state index in [-0.39, 0.29) is 17.1 Å². The van der Waals surface area contributed by atoms with E-state index in [2.05, 4.69) is 12.6 Å². The molecule has 2 amide bonds. The average molecular weight is 264 g/mol. The summed E-state index contributed by atoms with van der Waals surface area (Å²) in [6.45, 7) is 2.16. The van der Waals surface area contributed by atoms with Gasteiger partial charge in [-0.1, -0.05) is 0 Å². The van der Waals surface area contributed by atoms with Gasteiger partial charge in [-0.2, -0.15) is 12.6 Å². The fourth-order valence-electron chi connectivity index (χ4n) is 1.98. The summed E-state index contributed by atoms with van der Waals surface area (Å²) in [7, 11) is 1.72. The van der Waals surface area contributed by atoms with E-state index in [1.54, 1.807) is 16.8 Å². The first-order valence-electron chi connectivity index (χ1n) is 5.82. The molecule has 2 rings (SSSR count). The lowest BCUT2D eigenvalue weighted by Crippen LogP contribution is -2.25. The SMILES string of the molecule is CC(=O)N(C)c1ccc(N2CC(S)CC2=O)cc1. The van der Waals surface area contributed by atoms with Crippen molar-refractivity contribution in [1.82, 2.24) is 0 Å². The summed E-state index contributed by atoms with van der Waals surface area (Å²) in [4.78, 5) is 26.3. The van der Waals surface area contributed by atoms with Crippen molar-refractivity contribution in [1.29, 1.82) is 0 Å². The van der Waals surface area contributed by atoms with E-state index in [0.717, 1.165) is 11.4 Å². The molecule has 1 aliphatic rings. The van der Waals surface area contributed by atoms with Crippen molar-refractivity contribution in [3.8, 4) is 0 Å². The number of anilines is 2. The third-order valence-electron chi connectivity index (χ3n) is 3.13. The molecule has 0 aliphatic carbocycles. The molecule has 1 aromatic rings. The van der Waals surface area contributed by atoms with Crippen molar-refractivity contribution in [2.45, 2.75) is 18.6 Å². The van der Waals surface area contributed by atoms with Crippen LogP contribution in [0.2, 0.25) is 0 Å². The summed E-state index contributed by atoms with van der Waals surface area (Å²) in [5, 5.41) is 0.108. The first-order valence-corrected chi connectivity index (χ1v) is 6.33. The fourth-order valence-corrected chi connectivity index (χ4v) is 2.30. The summed E-state index contributed by atoms with van der Waals surface area (Å²) >= 11 is 4.33. The van der Waals surface area contributed by atoms with Crippen LogP contribution in [0.3, 0.4) is 0 Å². The first kappa shape index (κ1) is 13.0. The van der Waals surface area contributed by atoms with Crippen LogP contribution in [0.1, 0.15) is 13.3 Å². The van der Waals surface area contributed by atoms with Gasteiger partial charge in [0.1, 0.15) is 0 Å². The summed E-state index contributed by atoms with van der Waals surface area (Å²) in [6, 6.07) is 7.41. The van der Waals surface area contributed by atoms with Gasteiger partial charge >= 0.3 is 0 Å². The Morgan fingerprint density at radius 3 is 2.44 bits per heavy atom. The van der Waals surface area contributed by atoms with Gasteiger partial charge in [0.2, 0.25) is 11.8 Å². The molecule has 1 aliphatic heterocycles. The van der Waals surface area contributed by atoms with E-state index in [4.69, 9.17) is 0 Å². The quantitative estimate of drug-likeness (QED) is 0.826. The molecule has 1 unspecified atom stereocenters. The van der Waals surface area contributed by atoms with Gasteiger partial charge < -0.3 is 9.80 Å². The highest BCUT2D eigenvalue weighted by atomic mass is 32.1. The van der Waals surface area contributed by atoms with E-state index in [9.17, 15) is 9.59 Å². The van der Waals surface area contributed by atoms with Crippen molar-refractivity contribution in [3.63, 3.8) is 0 Å². The number of carbonyl (C=O) groups excluding carboxylic acids is 2. The lowest BCUT2D eigenvalue weighted by molar-refractivity contribution is -0.117. The zero-order valence-electron chi connectivity index (χ0n) is 10.5. The molecule has 0 radical (unpaired) electrons. The summed E-state index contributed by atoms with van der Waals surface area (Å²) in [5.74, 6) is 0.0816. The molecule has 4 nitrogen and oxygen atoms in total. The second kappa shape index (κ2) is 5.02. The Bertz CT molecular complexity index is 472. The van der Waals surface area contributed by atoms with E-state index in [0.29, 0.717) is 13.0 Å². The number of amides is 2. The molecule has 18 heavy (non-hydrogen) atoms. The van der Waals surface area contributed by atoms with Gasteiger partial charge in [-0.15, -0.1) is 0 Å². The summed E-state index contributed by atoms with van der Waals surface area (Å²) in [5.41, 5.74) is 1.68. The molecule has 1 heterocycles. The molecule has 1 fully saturated rings. The number of hydrogen-bond acceptors (Lipinski definition) is 3. The van der Waals surface area contributed by atoms with Gasteiger partial charge in [0.25, 0.3) is 0 Å². The van der Waals surface area contributed by atoms with Crippen molar-refractivity contribution < 1.29 is 9.59 Å². The summed E-state index contributed by atoms with van der Waals surface area (Å²) < 4.78 is 0. The molecule has 0 bridgehead atoms. The predicted molar refractivity (Wildman–Crippen MR) is 75.3 cm³/mol. The standard InChI is InChI=1S/C13H16N2O2S/c1-9(16)14(2)10-3-5-11(6-4-10)15-8-12(18)7-13(15)17/h3-6,12,18H,7-8H2,1-2H3. The Balaban J connectivity index is 2.18. The van der Waals surface area contributed by atoms with Gasteiger partial charge in [0.15, 0.2) is 0 Å². The number of nitrogens with zero attached hydrogens (tertiary/aromatic N) is 2. The van der Waals surface area contributed by atoms with Gasteiger partial charge in [0, 0.05) is 43.6 Å². The monoisotopic (exact) mass is 264 g/mol. The minimum atomic E-state index is -0.0181. The van der Waals surface area contributed by atoms with Crippen LogP contribution in [0.5, 0.6) is 0 Å². The molecule has 0 saturated carbocycles. The van der Waals surface area contributed by atoms with Gasteiger partial charge in [-0.3, -0.25) is 9.59 Å². The Kier molecular flexibility index (Phi) is 3.61. The fraction of sp³-hybridized carbons (Fsp3) is 0.385. The number of carbonyl (C=O) groups is 2. The highest BCUT2D eigenvalue weighted by molar-refractivity contribution is 7.81. The molecule has 1 aromatic carbocycles. The molecular formula is C13H16N2O2S. The van der Waals surface area contributed by atoms with Gasteiger partial charge in [-0.25, -0.2) is 0 Å². The van der Waals surface area contributed by atoms with Crippen LogP contribution in [0, 0.1) is 0 Å². The maximum absolute atomic E-state index is 11.7. The van der Waals surface area contributed by atoms with E-state index >= 15 is 0 Å². The van der Waals surface area contributed by atoms with Crippen molar-refractivity contribution >= 4 is 35.8 Å². The Hall–Kier alpha value is -1.49. The van der Waals surface area contributed by atoms with Crippen molar-refractivity contribution in [3.05, 3.63) is 24.3 Å². The topological polar surface area (TPSA) is 40.6 Å². The smallest absolute Gasteiger partial charge is 0.228 e. The second-order valence-corrected chi connectivity index (χ2v) is 5.19. The normalized spacial score (nSPS) is 19.2. The zero-order chi connectivity index (χ0) is 13.3. The minimum Gasteiger partial charge on any atom is -0.316 e. The predicted octanol–water partition coefficient (Wildman–Crippen LogP) is 1.70. The van der Waals surface area contributed by atoms with E-state index in [1.165, 1.54) is 6.92 Å².